The second-order valence-corrected chi connectivity index (χ2v) is 5.40. The van der Waals surface area contributed by atoms with Gasteiger partial charge in [-0.2, -0.15) is 0 Å². The maximum Gasteiger partial charge on any atom is 0.257 e. The summed E-state index contributed by atoms with van der Waals surface area (Å²) in [6.45, 7) is 4.36. The molecule has 0 aliphatic rings. The molecule has 0 bridgehead atoms. The van der Waals surface area contributed by atoms with Crippen LogP contribution >= 0.6 is 11.3 Å². The number of nitrogens with one attached hydrogen (secondary N) is 2. The quantitative estimate of drug-likeness (QED) is 0.908. The van der Waals surface area contributed by atoms with Crippen LogP contribution in [0.1, 0.15) is 32.5 Å². The van der Waals surface area contributed by atoms with E-state index in [1.807, 2.05) is 13.8 Å². The maximum absolute atomic E-state index is 12.0. The highest BCUT2D eigenvalue weighted by atomic mass is 32.1. The van der Waals surface area contributed by atoms with Crippen molar-refractivity contribution in [2.45, 2.75) is 13.8 Å². The van der Waals surface area contributed by atoms with Crippen LogP contribution in [0.25, 0.3) is 0 Å². The van der Waals surface area contributed by atoms with Crippen molar-refractivity contribution < 1.29 is 9.59 Å². The van der Waals surface area contributed by atoms with Gasteiger partial charge in [-0.15, -0.1) is 11.3 Å². The van der Waals surface area contributed by atoms with Gasteiger partial charge in [-0.25, -0.2) is 4.98 Å². The lowest BCUT2D eigenvalue weighted by atomic mass is 10.1. The van der Waals surface area contributed by atoms with E-state index < -0.39 is 0 Å². The van der Waals surface area contributed by atoms with Crippen LogP contribution in [-0.2, 0) is 0 Å². The molecule has 1 aromatic carbocycles. The summed E-state index contributed by atoms with van der Waals surface area (Å²) in [6.07, 6.45) is 1.71. The van der Waals surface area contributed by atoms with Crippen molar-refractivity contribution >= 4 is 28.3 Å². The first-order valence-electron chi connectivity index (χ1n) is 6.22. The first-order chi connectivity index (χ1) is 9.60. The number of carbonyl (C=O) groups excluding carboxylic acids is 2. The van der Waals surface area contributed by atoms with E-state index >= 15 is 0 Å². The third kappa shape index (κ3) is 3.42. The molecular weight excluding hydrogens is 274 g/mol. The predicted octanol–water partition coefficient (Wildman–Crippen LogP) is 2.45. The van der Waals surface area contributed by atoms with Crippen molar-refractivity contribution in [3.05, 3.63) is 46.5 Å². The smallest absolute Gasteiger partial charge is 0.257 e. The Hall–Kier alpha value is -2.21. The Kier molecular flexibility index (Phi) is 4.47. The van der Waals surface area contributed by atoms with E-state index in [1.54, 1.807) is 30.5 Å². The zero-order chi connectivity index (χ0) is 14.5. The predicted molar refractivity (Wildman–Crippen MR) is 79.3 cm³/mol. The number of anilines is 1. The molecule has 0 atom stereocenters. The lowest BCUT2D eigenvalue weighted by Gasteiger charge is -2.04. The molecule has 2 N–H and O–H groups in total. The highest BCUT2D eigenvalue weighted by Gasteiger charge is 2.10. The first-order valence-corrected chi connectivity index (χ1v) is 7.04. The van der Waals surface area contributed by atoms with Gasteiger partial charge in [-0.3, -0.25) is 14.9 Å². The van der Waals surface area contributed by atoms with Gasteiger partial charge in [0.2, 0.25) is 0 Å². The van der Waals surface area contributed by atoms with E-state index in [0.29, 0.717) is 22.8 Å². The summed E-state index contributed by atoms with van der Waals surface area (Å²) in [5.41, 5.74) is 1.03. The van der Waals surface area contributed by atoms with Crippen molar-refractivity contribution in [2.24, 2.45) is 0 Å². The summed E-state index contributed by atoms with van der Waals surface area (Å²) in [6, 6.07) is 6.51. The van der Waals surface area contributed by atoms with Crippen LogP contribution in [0.5, 0.6) is 0 Å². The summed E-state index contributed by atoms with van der Waals surface area (Å²) in [4.78, 5) is 28.7. The standard InChI is InChI=1S/C14H15N3O2S/c1-3-15-12(18)10-4-6-11(7-5-10)13(19)17-14-16-8-9(2)20-14/h4-8H,3H2,1-2H3,(H,15,18)(H,16,17,19). The number of aryl methyl sites for hydroxylation is 1. The van der Waals surface area contributed by atoms with Gasteiger partial charge in [0.15, 0.2) is 5.13 Å². The molecule has 0 fully saturated rings. The third-order valence-electron chi connectivity index (χ3n) is 2.59. The Morgan fingerprint density at radius 3 is 2.25 bits per heavy atom. The number of hydrogen-bond acceptors (Lipinski definition) is 4. The molecule has 6 heteroatoms. The molecule has 20 heavy (non-hydrogen) atoms. The van der Waals surface area contributed by atoms with Gasteiger partial charge in [0.05, 0.1) is 0 Å². The van der Waals surface area contributed by atoms with E-state index in [2.05, 4.69) is 15.6 Å². The number of aromatic nitrogens is 1. The van der Waals surface area contributed by atoms with E-state index in [1.165, 1.54) is 11.3 Å². The summed E-state index contributed by atoms with van der Waals surface area (Å²) in [5.74, 6) is -0.378. The van der Waals surface area contributed by atoms with E-state index in [4.69, 9.17) is 0 Å². The second-order valence-electron chi connectivity index (χ2n) is 4.17. The van der Waals surface area contributed by atoms with Gasteiger partial charge in [0.25, 0.3) is 11.8 Å². The molecular formula is C14H15N3O2S. The molecule has 2 rings (SSSR count). The van der Waals surface area contributed by atoms with Gasteiger partial charge in [0.1, 0.15) is 0 Å². The number of amides is 2. The molecule has 1 aromatic heterocycles. The molecule has 0 radical (unpaired) electrons. The van der Waals surface area contributed by atoms with Crippen molar-refractivity contribution in [1.82, 2.24) is 10.3 Å². The molecule has 1 heterocycles. The van der Waals surface area contributed by atoms with Crippen molar-refractivity contribution in [2.75, 3.05) is 11.9 Å². The number of benzene rings is 1. The Bertz CT molecular complexity index is 620. The molecule has 2 amide bonds. The highest BCUT2D eigenvalue weighted by molar-refractivity contribution is 7.15. The minimum Gasteiger partial charge on any atom is -0.352 e. The molecule has 5 nitrogen and oxygen atoms in total. The van der Waals surface area contributed by atoms with E-state index in [-0.39, 0.29) is 11.8 Å². The number of nitrogens with zero attached hydrogens (tertiary/aromatic N) is 1. The zero-order valence-electron chi connectivity index (χ0n) is 11.3. The molecule has 0 saturated carbocycles. The van der Waals surface area contributed by atoms with Crippen LogP contribution in [0.4, 0.5) is 5.13 Å². The van der Waals surface area contributed by atoms with Crippen LogP contribution in [0, 0.1) is 6.92 Å². The van der Waals surface area contributed by atoms with Crippen LogP contribution in [0.2, 0.25) is 0 Å². The second kappa shape index (κ2) is 6.29. The summed E-state index contributed by atoms with van der Waals surface area (Å²) in [5, 5.41) is 6.00. The molecule has 104 valence electrons. The molecule has 0 aliphatic heterocycles. The summed E-state index contributed by atoms with van der Waals surface area (Å²) < 4.78 is 0. The van der Waals surface area contributed by atoms with Crippen LogP contribution in [0.15, 0.2) is 30.5 Å². The highest BCUT2D eigenvalue weighted by Crippen LogP contribution is 2.17. The van der Waals surface area contributed by atoms with Crippen LogP contribution in [-0.4, -0.2) is 23.3 Å². The topological polar surface area (TPSA) is 71.1 Å². The Balaban J connectivity index is 2.05. The first kappa shape index (κ1) is 14.2. The van der Waals surface area contributed by atoms with Crippen molar-refractivity contribution in [3.63, 3.8) is 0 Å². The summed E-state index contributed by atoms with van der Waals surface area (Å²) in [7, 11) is 0. The number of carbonyl (C=O) groups is 2. The SMILES string of the molecule is CCNC(=O)c1ccc(C(=O)Nc2ncc(C)s2)cc1. The average molecular weight is 289 g/mol. The molecule has 0 spiro atoms. The molecule has 0 unspecified atom stereocenters. The maximum atomic E-state index is 12.0. The largest absolute Gasteiger partial charge is 0.352 e. The number of rotatable bonds is 4. The Morgan fingerprint density at radius 2 is 1.75 bits per heavy atom. The van der Waals surface area contributed by atoms with Crippen LogP contribution in [0.3, 0.4) is 0 Å². The zero-order valence-corrected chi connectivity index (χ0v) is 12.1. The molecule has 0 aliphatic carbocycles. The molecule has 2 aromatic rings. The fourth-order valence-corrected chi connectivity index (χ4v) is 2.28. The van der Waals surface area contributed by atoms with Gasteiger partial charge < -0.3 is 5.32 Å². The van der Waals surface area contributed by atoms with E-state index in [9.17, 15) is 9.59 Å². The van der Waals surface area contributed by atoms with Gasteiger partial charge in [-0.1, -0.05) is 0 Å². The summed E-state index contributed by atoms with van der Waals surface area (Å²) >= 11 is 1.42. The van der Waals surface area contributed by atoms with Crippen molar-refractivity contribution in [1.29, 1.82) is 0 Å². The minimum absolute atomic E-state index is 0.144. The van der Waals surface area contributed by atoms with Gasteiger partial charge in [0, 0.05) is 28.7 Å². The fraction of sp³-hybridized carbons (Fsp3) is 0.214. The lowest BCUT2D eigenvalue weighted by molar-refractivity contribution is 0.0954. The van der Waals surface area contributed by atoms with Crippen molar-refractivity contribution in [3.8, 4) is 0 Å². The van der Waals surface area contributed by atoms with E-state index in [0.717, 1.165) is 4.88 Å². The van der Waals surface area contributed by atoms with Gasteiger partial charge >= 0.3 is 0 Å². The van der Waals surface area contributed by atoms with Gasteiger partial charge in [-0.05, 0) is 38.1 Å². The normalized spacial score (nSPS) is 10.1. The number of thiazole rings is 1. The Labute approximate surface area is 121 Å². The lowest BCUT2D eigenvalue weighted by Crippen LogP contribution is -2.22. The minimum atomic E-state index is -0.234. The fourth-order valence-electron chi connectivity index (χ4n) is 1.62. The third-order valence-corrected chi connectivity index (χ3v) is 3.42. The number of hydrogen-bond donors (Lipinski definition) is 2. The Morgan fingerprint density at radius 1 is 1.15 bits per heavy atom. The average Bonchev–Trinajstić information content (AvgIpc) is 2.84. The monoisotopic (exact) mass is 289 g/mol. The van der Waals surface area contributed by atoms with Crippen LogP contribution < -0.4 is 10.6 Å². The molecule has 0 saturated heterocycles.